The van der Waals surface area contributed by atoms with Crippen LogP contribution in [0.25, 0.3) is 0 Å². The number of hydrogen-bond acceptors (Lipinski definition) is 3. The predicted molar refractivity (Wildman–Crippen MR) is 118 cm³/mol. The zero-order valence-electron chi connectivity index (χ0n) is 16.1. The molecule has 1 aromatic rings. The number of hydrogen-bond donors (Lipinski definition) is 2. The minimum atomic E-state index is -0.201. The van der Waals surface area contributed by atoms with E-state index < -0.39 is 0 Å². The summed E-state index contributed by atoms with van der Waals surface area (Å²) in [5.41, 5.74) is 1.10. The van der Waals surface area contributed by atoms with Crippen LogP contribution in [-0.4, -0.2) is 56.8 Å². The zero-order valence-corrected chi connectivity index (χ0v) is 18.5. The van der Waals surface area contributed by atoms with Gasteiger partial charge in [0.15, 0.2) is 5.96 Å². The Bertz CT molecular complexity index is 574. The van der Waals surface area contributed by atoms with Gasteiger partial charge in [0.05, 0.1) is 25.8 Å². The third-order valence-corrected chi connectivity index (χ3v) is 5.05. The van der Waals surface area contributed by atoms with E-state index in [-0.39, 0.29) is 35.8 Å². The summed E-state index contributed by atoms with van der Waals surface area (Å²) >= 11 is 0. The van der Waals surface area contributed by atoms with Gasteiger partial charge in [0.2, 0.25) is 0 Å². The molecule has 1 saturated heterocycles. The number of benzene rings is 1. The van der Waals surface area contributed by atoms with Crippen molar-refractivity contribution < 1.29 is 9.13 Å². The number of guanidine groups is 1. The van der Waals surface area contributed by atoms with Gasteiger partial charge in [-0.3, -0.25) is 9.89 Å². The van der Waals surface area contributed by atoms with Crippen LogP contribution in [0.3, 0.4) is 0 Å². The van der Waals surface area contributed by atoms with Gasteiger partial charge in [-0.25, -0.2) is 4.39 Å². The fourth-order valence-corrected chi connectivity index (χ4v) is 3.33. The van der Waals surface area contributed by atoms with Crippen LogP contribution in [0.15, 0.2) is 29.3 Å². The zero-order chi connectivity index (χ0) is 18.2. The summed E-state index contributed by atoms with van der Waals surface area (Å²) in [6.45, 7) is 7.76. The number of morpholine rings is 1. The summed E-state index contributed by atoms with van der Waals surface area (Å²) in [4.78, 5) is 7.21. The van der Waals surface area contributed by atoms with Gasteiger partial charge in [0.1, 0.15) is 5.82 Å². The normalized spacial score (nSPS) is 19.3. The largest absolute Gasteiger partial charge is 0.379 e. The molecule has 2 aliphatic rings. The van der Waals surface area contributed by atoms with E-state index in [0.717, 1.165) is 56.8 Å². The molecule has 27 heavy (non-hydrogen) atoms. The third kappa shape index (κ3) is 7.54. The Morgan fingerprint density at radius 2 is 1.93 bits per heavy atom. The van der Waals surface area contributed by atoms with Gasteiger partial charge in [-0.2, -0.15) is 0 Å². The van der Waals surface area contributed by atoms with E-state index >= 15 is 0 Å². The van der Waals surface area contributed by atoms with E-state index in [4.69, 9.17) is 9.73 Å². The van der Waals surface area contributed by atoms with E-state index in [0.29, 0.717) is 6.54 Å². The van der Waals surface area contributed by atoms with Crippen LogP contribution < -0.4 is 10.6 Å². The second kappa shape index (κ2) is 11.8. The van der Waals surface area contributed by atoms with Crippen molar-refractivity contribution in [3.63, 3.8) is 0 Å². The minimum absolute atomic E-state index is 0. The monoisotopic (exact) mass is 490 g/mol. The maximum Gasteiger partial charge on any atom is 0.191 e. The summed E-state index contributed by atoms with van der Waals surface area (Å²) in [6.07, 6.45) is 3.97. The molecule has 1 heterocycles. The number of rotatable bonds is 8. The first-order valence-electron chi connectivity index (χ1n) is 9.85. The van der Waals surface area contributed by atoms with Crippen molar-refractivity contribution >= 4 is 29.9 Å². The van der Waals surface area contributed by atoms with E-state index in [2.05, 4.69) is 22.5 Å². The topological polar surface area (TPSA) is 48.9 Å². The van der Waals surface area contributed by atoms with Crippen molar-refractivity contribution in [2.45, 2.75) is 32.2 Å². The Morgan fingerprint density at radius 1 is 1.22 bits per heavy atom. The summed E-state index contributed by atoms with van der Waals surface area (Å²) in [5, 5.41) is 6.78. The lowest BCUT2D eigenvalue weighted by Crippen LogP contribution is -2.42. The first kappa shape index (κ1) is 22.4. The quantitative estimate of drug-likeness (QED) is 0.334. The standard InChI is InChI=1S/C20H31FN4O.HI/c1-2-22-20(23-10-9-16-3-4-16)24-15-19(25-11-13-26-14-12-25)17-5-7-18(21)8-6-17;/h5-8,16,19H,2-4,9-15H2,1H3,(H2,22,23,24);1H. The number of nitrogens with one attached hydrogen (secondary N) is 2. The van der Waals surface area contributed by atoms with E-state index in [1.165, 1.54) is 31.4 Å². The fraction of sp³-hybridized carbons (Fsp3) is 0.650. The molecule has 0 amide bonds. The van der Waals surface area contributed by atoms with Crippen LogP contribution in [-0.2, 0) is 4.74 Å². The molecule has 1 aliphatic heterocycles. The minimum Gasteiger partial charge on any atom is -0.379 e. The molecular weight excluding hydrogens is 458 g/mol. The highest BCUT2D eigenvalue weighted by Crippen LogP contribution is 2.31. The molecule has 3 rings (SSSR count). The van der Waals surface area contributed by atoms with Gasteiger partial charge in [-0.1, -0.05) is 25.0 Å². The molecule has 0 aromatic heterocycles. The van der Waals surface area contributed by atoms with Crippen LogP contribution in [0.2, 0.25) is 0 Å². The fourth-order valence-electron chi connectivity index (χ4n) is 3.33. The Hall–Kier alpha value is -0.930. The molecule has 0 bridgehead atoms. The molecule has 1 atom stereocenters. The van der Waals surface area contributed by atoms with Crippen molar-refractivity contribution in [2.24, 2.45) is 10.9 Å². The van der Waals surface area contributed by atoms with E-state index in [1.807, 2.05) is 12.1 Å². The lowest BCUT2D eigenvalue weighted by atomic mass is 10.0. The van der Waals surface area contributed by atoms with Crippen molar-refractivity contribution in [3.8, 4) is 0 Å². The first-order valence-corrected chi connectivity index (χ1v) is 9.85. The molecule has 1 unspecified atom stereocenters. The van der Waals surface area contributed by atoms with Gasteiger partial charge in [-0.15, -0.1) is 24.0 Å². The van der Waals surface area contributed by atoms with Crippen molar-refractivity contribution in [1.82, 2.24) is 15.5 Å². The molecular formula is C20H32FIN4O. The average molecular weight is 490 g/mol. The van der Waals surface area contributed by atoms with Crippen molar-refractivity contribution in [3.05, 3.63) is 35.6 Å². The lowest BCUT2D eigenvalue weighted by molar-refractivity contribution is 0.0179. The van der Waals surface area contributed by atoms with Gasteiger partial charge < -0.3 is 15.4 Å². The second-order valence-corrected chi connectivity index (χ2v) is 7.09. The van der Waals surface area contributed by atoms with Gasteiger partial charge in [0.25, 0.3) is 0 Å². The smallest absolute Gasteiger partial charge is 0.191 e. The highest BCUT2D eigenvalue weighted by atomic mass is 127. The summed E-state index contributed by atoms with van der Waals surface area (Å²) in [7, 11) is 0. The van der Waals surface area contributed by atoms with Crippen LogP contribution in [0, 0.1) is 11.7 Å². The van der Waals surface area contributed by atoms with Gasteiger partial charge >= 0.3 is 0 Å². The molecule has 7 heteroatoms. The maximum atomic E-state index is 13.3. The number of aliphatic imine (C=N–C) groups is 1. The summed E-state index contributed by atoms with van der Waals surface area (Å²) < 4.78 is 18.8. The highest BCUT2D eigenvalue weighted by Gasteiger charge is 2.23. The summed E-state index contributed by atoms with van der Waals surface area (Å²) in [6, 6.07) is 6.95. The van der Waals surface area contributed by atoms with Crippen LogP contribution in [0.1, 0.15) is 37.8 Å². The van der Waals surface area contributed by atoms with E-state index in [1.54, 1.807) is 0 Å². The van der Waals surface area contributed by atoms with E-state index in [9.17, 15) is 4.39 Å². The molecule has 0 spiro atoms. The van der Waals surface area contributed by atoms with Crippen LogP contribution in [0.5, 0.6) is 0 Å². The van der Waals surface area contributed by atoms with Gasteiger partial charge in [0, 0.05) is 26.2 Å². The first-order chi connectivity index (χ1) is 12.8. The molecule has 2 fully saturated rings. The Balaban J connectivity index is 0.00000261. The van der Waals surface area contributed by atoms with Crippen LogP contribution in [0.4, 0.5) is 4.39 Å². The SMILES string of the molecule is CCNC(=NCC(c1ccc(F)cc1)N1CCOCC1)NCCC1CC1.I. The maximum absolute atomic E-state index is 13.3. The van der Waals surface area contributed by atoms with Gasteiger partial charge in [-0.05, 0) is 37.0 Å². The summed E-state index contributed by atoms with van der Waals surface area (Å²) in [5.74, 6) is 1.58. The lowest BCUT2D eigenvalue weighted by Gasteiger charge is -2.34. The molecule has 152 valence electrons. The Morgan fingerprint density at radius 3 is 2.56 bits per heavy atom. The third-order valence-electron chi connectivity index (χ3n) is 5.05. The van der Waals surface area contributed by atoms with Crippen molar-refractivity contribution in [2.75, 3.05) is 45.9 Å². The average Bonchev–Trinajstić information content (AvgIpc) is 3.48. The second-order valence-electron chi connectivity index (χ2n) is 7.09. The Labute approximate surface area is 179 Å². The molecule has 1 aliphatic carbocycles. The van der Waals surface area contributed by atoms with Crippen LogP contribution >= 0.6 is 24.0 Å². The van der Waals surface area contributed by atoms with Crippen molar-refractivity contribution in [1.29, 1.82) is 0 Å². The predicted octanol–water partition coefficient (Wildman–Crippen LogP) is 3.17. The molecule has 5 nitrogen and oxygen atoms in total. The molecule has 2 N–H and O–H groups in total. The highest BCUT2D eigenvalue weighted by molar-refractivity contribution is 14.0. The number of halogens is 2. The Kier molecular flexibility index (Phi) is 9.78. The number of ether oxygens (including phenoxy) is 1. The molecule has 1 saturated carbocycles. The molecule has 1 aromatic carbocycles. The number of nitrogens with zero attached hydrogens (tertiary/aromatic N) is 2. The molecule has 0 radical (unpaired) electrons.